The van der Waals surface area contributed by atoms with Gasteiger partial charge >= 0.3 is 0 Å². The van der Waals surface area contributed by atoms with Gasteiger partial charge in [0.25, 0.3) is 0 Å². The van der Waals surface area contributed by atoms with E-state index >= 15 is 0 Å². The molecule has 1 rings (SSSR count). The van der Waals surface area contributed by atoms with Crippen molar-refractivity contribution in [3.8, 4) is 0 Å². The van der Waals surface area contributed by atoms with Gasteiger partial charge in [-0.25, -0.2) is 0 Å². The van der Waals surface area contributed by atoms with Crippen LogP contribution in [-0.4, -0.2) is 0 Å². The third-order valence-electron chi connectivity index (χ3n) is 2.07. The highest BCUT2D eigenvalue weighted by molar-refractivity contribution is 5.35. The highest BCUT2D eigenvalue weighted by atomic mass is 14.2. The molecule has 10 heavy (non-hydrogen) atoms. The lowest BCUT2D eigenvalue weighted by molar-refractivity contribution is 0.716. The molecule has 0 aromatic rings. The minimum absolute atomic E-state index is 0.557. The van der Waals surface area contributed by atoms with Crippen LogP contribution in [0.4, 0.5) is 0 Å². The summed E-state index contributed by atoms with van der Waals surface area (Å²) in [6, 6.07) is 0. The van der Waals surface area contributed by atoms with Crippen molar-refractivity contribution >= 4 is 0 Å². The summed E-state index contributed by atoms with van der Waals surface area (Å²) in [7, 11) is 0. The maximum absolute atomic E-state index is 4.00. The lowest BCUT2D eigenvalue weighted by Gasteiger charge is -2.19. The zero-order valence-electron chi connectivity index (χ0n) is 6.56. The quantitative estimate of drug-likeness (QED) is 0.483. The zero-order chi connectivity index (χ0) is 7.56. The van der Waals surface area contributed by atoms with Crippen LogP contribution >= 0.6 is 0 Å². The molecule has 54 valence electrons. The average molecular weight is 134 g/mol. The van der Waals surface area contributed by atoms with Crippen LogP contribution in [-0.2, 0) is 0 Å². The molecule has 0 spiro atoms. The summed E-state index contributed by atoms with van der Waals surface area (Å²) < 4.78 is 0. The smallest absolute Gasteiger partial charge is 0.00122 e. The minimum Gasteiger partial charge on any atom is -0.0952 e. The minimum atomic E-state index is 0.557. The van der Waals surface area contributed by atoms with E-state index in [1.807, 2.05) is 0 Å². The second kappa shape index (κ2) is 2.87. The van der Waals surface area contributed by atoms with Crippen molar-refractivity contribution in [3.05, 3.63) is 36.5 Å². The largest absolute Gasteiger partial charge is 0.0952 e. The first-order valence-corrected chi connectivity index (χ1v) is 3.79. The first kappa shape index (κ1) is 7.33. The molecule has 0 aromatic carbocycles. The lowest BCUT2D eigenvalue weighted by Crippen LogP contribution is -2.04. The maximum Gasteiger partial charge on any atom is 0.00122 e. The van der Waals surface area contributed by atoms with Gasteiger partial charge in [-0.15, -0.1) is 0 Å². The molecule has 0 saturated heterocycles. The molecule has 0 unspecified atom stereocenters. The Morgan fingerprint density at radius 2 is 2.30 bits per heavy atom. The second-order valence-corrected chi connectivity index (χ2v) is 2.78. The van der Waals surface area contributed by atoms with E-state index in [0.29, 0.717) is 5.92 Å². The van der Waals surface area contributed by atoms with E-state index in [4.69, 9.17) is 0 Å². The zero-order valence-corrected chi connectivity index (χ0v) is 6.56. The van der Waals surface area contributed by atoms with Crippen LogP contribution in [0.2, 0.25) is 0 Å². The Labute approximate surface area is 62.9 Å². The highest BCUT2D eigenvalue weighted by Gasteiger charge is 2.12. The van der Waals surface area contributed by atoms with E-state index in [1.54, 1.807) is 0 Å². The number of hydrogen-bond acceptors (Lipinski definition) is 0. The first-order valence-electron chi connectivity index (χ1n) is 3.79. The molecule has 0 fully saturated rings. The SMILES string of the molecule is C=C1CC=C[C@@H](CC)C1=C. The Bertz CT molecular complexity index is 184. The molecule has 0 N–H and O–H groups in total. The van der Waals surface area contributed by atoms with Crippen LogP contribution in [0.5, 0.6) is 0 Å². The second-order valence-electron chi connectivity index (χ2n) is 2.78. The Morgan fingerprint density at radius 3 is 2.80 bits per heavy atom. The van der Waals surface area contributed by atoms with Crippen LogP contribution in [0.3, 0.4) is 0 Å². The van der Waals surface area contributed by atoms with Gasteiger partial charge in [0.05, 0.1) is 0 Å². The molecule has 0 heterocycles. The topological polar surface area (TPSA) is 0 Å². The normalized spacial score (nSPS) is 25.5. The molecule has 0 bridgehead atoms. The van der Waals surface area contributed by atoms with Gasteiger partial charge in [0, 0.05) is 5.92 Å². The van der Waals surface area contributed by atoms with Gasteiger partial charge in [-0.1, -0.05) is 32.2 Å². The Balaban J connectivity index is 2.76. The third-order valence-corrected chi connectivity index (χ3v) is 2.07. The third kappa shape index (κ3) is 1.21. The predicted octanol–water partition coefficient (Wildman–Crippen LogP) is 3.08. The Kier molecular flexibility index (Phi) is 2.10. The molecule has 1 atom stereocenters. The summed E-state index contributed by atoms with van der Waals surface area (Å²) in [5, 5.41) is 0. The predicted molar refractivity (Wildman–Crippen MR) is 45.8 cm³/mol. The lowest BCUT2D eigenvalue weighted by atomic mass is 9.86. The van der Waals surface area contributed by atoms with E-state index in [0.717, 1.165) is 12.8 Å². The summed E-state index contributed by atoms with van der Waals surface area (Å²) in [5.41, 5.74) is 2.43. The number of allylic oxidation sites excluding steroid dienone is 4. The van der Waals surface area contributed by atoms with Gasteiger partial charge in [0.1, 0.15) is 0 Å². The van der Waals surface area contributed by atoms with Crippen LogP contribution in [0, 0.1) is 5.92 Å². The maximum atomic E-state index is 4.00. The van der Waals surface area contributed by atoms with Gasteiger partial charge in [0.15, 0.2) is 0 Å². The molecule has 0 aliphatic heterocycles. The molecule has 1 aliphatic carbocycles. The van der Waals surface area contributed by atoms with Crippen LogP contribution in [0.25, 0.3) is 0 Å². The fourth-order valence-electron chi connectivity index (χ4n) is 1.27. The summed E-state index contributed by atoms with van der Waals surface area (Å²) in [5.74, 6) is 0.557. The monoisotopic (exact) mass is 134 g/mol. The van der Waals surface area contributed by atoms with Crippen molar-refractivity contribution in [2.45, 2.75) is 19.8 Å². The van der Waals surface area contributed by atoms with Gasteiger partial charge in [-0.2, -0.15) is 0 Å². The van der Waals surface area contributed by atoms with E-state index in [9.17, 15) is 0 Å². The molecule has 0 heteroatoms. The standard InChI is InChI=1S/C10H14/c1-4-10-7-5-6-8(2)9(10)3/h5,7,10H,2-4,6H2,1H3/t10-/m1/s1. The Morgan fingerprint density at radius 1 is 1.60 bits per heavy atom. The Hall–Kier alpha value is -0.780. The molecular weight excluding hydrogens is 120 g/mol. The van der Waals surface area contributed by atoms with E-state index in [1.165, 1.54) is 11.1 Å². The molecule has 0 nitrogen and oxygen atoms in total. The van der Waals surface area contributed by atoms with Crippen molar-refractivity contribution in [2.75, 3.05) is 0 Å². The van der Waals surface area contributed by atoms with Crippen molar-refractivity contribution in [3.63, 3.8) is 0 Å². The molecule has 0 aromatic heterocycles. The van der Waals surface area contributed by atoms with E-state index in [-0.39, 0.29) is 0 Å². The molecule has 0 amide bonds. The molecule has 0 saturated carbocycles. The van der Waals surface area contributed by atoms with Crippen LogP contribution < -0.4 is 0 Å². The van der Waals surface area contributed by atoms with Gasteiger partial charge < -0.3 is 0 Å². The van der Waals surface area contributed by atoms with Crippen molar-refractivity contribution in [2.24, 2.45) is 5.92 Å². The summed E-state index contributed by atoms with van der Waals surface area (Å²) >= 11 is 0. The fraction of sp³-hybridized carbons (Fsp3) is 0.400. The molecule has 0 radical (unpaired) electrons. The number of hydrogen-bond donors (Lipinski definition) is 0. The summed E-state index contributed by atoms with van der Waals surface area (Å²) in [4.78, 5) is 0. The van der Waals surface area contributed by atoms with E-state index in [2.05, 4.69) is 32.2 Å². The van der Waals surface area contributed by atoms with Gasteiger partial charge in [0.2, 0.25) is 0 Å². The van der Waals surface area contributed by atoms with Crippen molar-refractivity contribution in [1.82, 2.24) is 0 Å². The fourth-order valence-corrected chi connectivity index (χ4v) is 1.27. The van der Waals surface area contributed by atoms with E-state index < -0.39 is 0 Å². The van der Waals surface area contributed by atoms with Gasteiger partial charge in [-0.05, 0) is 24.0 Å². The van der Waals surface area contributed by atoms with Crippen molar-refractivity contribution < 1.29 is 0 Å². The first-order chi connectivity index (χ1) is 4.75. The average Bonchev–Trinajstić information content (AvgIpc) is 1.95. The number of rotatable bonds is 1. The van der Waals surface area contributed by atoms with Crippen LogP contribution in [0.15, 0.2) is 36.5 Å². The van der Waals surface area contributed by atoms with Crippen LogP contribution in [0.1, 0.15) is 19.8 Å². The summed E-state index contributed by atoms with van der Waals surface area (Å²) in [6.45, 7) is 10.1. The summed E-state index contributed by atoms with van der Waals surface area (Å²) in [6.07, 6.45) is 6.56. The molecule has 1 aliphatic rings. The molecular formula is C10H14. The van der Waals surface area contributed by atoms with Gasteiger partial charge in [-0.3, -0.25) is 0 Å². The highest BCUT2D eigenvalue weighted by Crippen LogP contribution is 2.27. The van der Waals surface area contributed by atoms with Crippen molar-refractivity contribution in [1.29, 1.82) is 0 Å².